The average Bonchev–Trinajstić information content (AvgIpc) is 3.21. The van der Waals surface area contributed by atoms with Gasteiger partial charge in [-0.1, -0.05) is 75.0 Å². The second-order valence-electron chi connectivity index (χ2n) is 6.75. The quantitative estimate of drug-likeness (QED) is 0.510. The van der Waals surface area contributed by atoms with Crippen molar-refractivity contribution in [3.05, 3.63) is 59.7 Å². The van der Waals surface area contributed by atoms with Gasteiger partial charge in [0.25, 0.3) is 0 Å². The molecule has 1 atom stereocenters. The first kappa shape index (κ1) is 20.1. The lowest BCUT2D eigenvalue weighted by Crippen LogP contribution is -2.16. The van der Waals surface area contributed by atoms with Gasteiger partial charge in [-0.3, -0.25) is 9.89 Å². The van der Waals surface area contributed by atoms with Crippen molar-refractivity contribution in [3.8, 4) is 11.4 Å². The van der Waals surface area contributed by atoms with E-state index in [0.29, 0.717) is 16.9 Å². The highest BCUT2D eigenvalue weighted by Crippen LogP contribution is 2.27. The number of carbonyl (C=O) groups is 1. The SMILES string of the molecule is CCc1ccc(-c2nc(SCC(=O)Nc3ccccc3[C@H](C)CC)n[nH]2)cc1. The first-order valence-corrected chi connectivity index (χ1v) is 10.6. The molecule has 0 unspecified atom stereocenters. The summed E-state index contributed by atoms with van der Waals surface area (Å²) < 4.78 is 0. The van der Waals surface area contributed by atoms with Crippen molar-refractivity contribution in [2.45, 2.75) is 44.7 Å². The van der Waals surface area contributed by atoms with Crippen LogP contribution >= 0.6 is 11.8 Å². The molecule has 0 radical (unpaired) electrons. The third kappa shape index (κ3) is 5.01. The number of carbonyl (C=O) groups excluding carboxylic acids is 1. The topological polar surface area (TPSA) is 70.7 Å². The Bertz CT molecular complexity index is 920. The Hall–Kier alpha value is -2.60. The number of para-hydroxylation sites is 1. The van der Waals surface area contributed by atoms with E-state index in [-0.39, 0.29) is 11.7 Å². The van der Waals surface area contributed by atoms with Crippen molar-refractivity contribution in [1.82, 2.24) is 15.2 Å². The molecular formula is C22H26N4OS. The van der Waals surface area contributed by atoms with Crippen molar-refractivity contribution in [2.75, 3.05) is 11.1 Å². The van der Waals surface area contributed by atoms with Crippen LogP contribution in [0.15, 0.2) is 53.7 Å². The number of aryl methyl sites for hydroxylation is 1. The number of aromatic nitrogens is 3. The van der Waals surface area contributed by atoms with Crippen molar-refractivity contribution >= 4 is 23.4 Å². The van der Waals surface area contributed by atoms with Gasteiger partial charge in [0, 0.05) is 11.3 Å². The number of thioether (sulfide) groups is 1. The smallest absolute Gasteiger partial charge is 0.234 e. The summed E-state index contributed by atoms with van der Waals surface area (Å²) in [7, 11) is 0. The van der Waals surface area contributed by atoms with Crippen LogP contribution in [0.1, 0.15) is 44.2 Å². The van der Waals surface area contributed by atoms with Gasteiger partial charge < -0.3 is 5.32 Å². The van der Waals surface area contributed by atoms with E-state index >= 15 is 0 Å². The summed E-state index contributed by atoms with van der Waals surface area (Å²) in [6.07, 6.45) is 2.04. The van der Waals surface area contributed by atoms with Gasteiger partial charge in [-0.05, 0) is 36.0 Å². The minimum absolute atomic E-state index is 0.0561. The molecule has 2 N–H and O–H groups in total. The molecule has 3 aromatic rings. The molecular weight excluding hydrogens is 368 g/mol. The third-order valence-electron chi connectivity index (χ3n) is 4.81. The molecule has 1 amide bonds. The van der Waals surface area contributed by atoms with Crippen LogP contribution in [0.5, 0.6) is 0 Å². The van der Waals surface area contributed by atoms with Gasteiger partial charge in [-0.2, -0.15) is 0 Å². The Labute approximate surface area is 170 Å². The molecule has 1 aromatic heterocycles. The van der Waals surface area contributed by atoms with Crippen LogP contribution in [-0.2, 0) is 11.2 Å². The van der Waals surface area contributed by atoms with E-state index in [4.69, 9.17) is 0 Å². The van der Waals surface area contributed by atoms with E-state index in [1.807, 2.05) is 30.3 Å². The minimum Gasteiger partial charge on any atom is -0.325 e. The molecule has 0 spiro atoms. The molecule has 6 heteroatoms. The Kier molecular flexibility index (Phi) is 6.87. The molecule has 0 aliphatic rings. The van der Waals surface area contributed by atoms with E-state index in [0.717, 1.165) is 24.1 Å². The second-order valence-corrected chi connectivity index (χ2v) is 7.69. The average molecular weight is 395 g/mol. The number of rotatable bonds is 8. The lowest BCUT2D eigenvalue weighted by atomic mass is 9.97. The zero-order valence-corrected chi connectivity index (χ0v) is 17.3. The Morgan fingerprint density at radius 2 is 1.89 bits per heavy atom. The predicted octanol–water partition coefficient (Wildman–Crippen LogP) is 5.28. The van der Waals surface area contributed by atoms with Crippen molar-refractivity contribution in [2.24, 2.45) is 0 Å². The molecule has 0 bridgehead atoms. The summed E-state index contributed by atoms with van der Waals surface area (Å²) in [5.41, 5.74) is 4.32. The molecule has 146 valence electrons. The van der Waals surface area contributed by atoms with E-state index in [1.54, 1.807) is 0 Å². The highest BCUT2D eigenvalue weighted by atomic mass is 32.2. The van der Waals surface area contributed by atoms with Crippen molar-refractivity contribution in [3.63, 3.8) is 0 Å². The van der Waals surface area contributed by atoms with Crippen molar-refractivity contribution < 1.29 is 4.79 Å². The molecule has 0 fully saturated rings. The van der Waals surface area contributed by atoms with Gasteiger partial charge in [0.1, 0.15) is 0 Å². The summed E-state index contributed by atoms with van der Waals surface area (Å²) in [5.74, 6) is 1.33. The van der Waals surface area contributed by atoms with Gasteiger partial charge in [0.15, 0.2) is 5.82 Å². The Morgan fingerprint density at radius 1 is 1.14 bits per heavy atom. The van der Waals surface area contributed by atoms with Crippen LogP contribution in [0.25, 0.3) is 11.4 Å². The summed E-state index contributed by atoms with van der Waals surface area (Å²) >= 11 is 1.33. The molecule has 0 aliphatic carbocycles. The Balaban J connectivity index is 1.59. The molecule has 3 rings (SSSR count). The van der Waals surface area contributed by atoms with Crippen molar-refractivity contribution in [1.29, 1.82) is 0 Å². The van der Waals surface area contributed by atoms with Gasteiger partial charge in [0.05, 0.1) is 5.75 Å². The van der Waals surface area contributed by atoms with E-state index in [9.17, 15) is 4.79 Å². The molecule has 0 saturated heterocycles. The van der Waals surface area contributed by atoms with Crippen LogP contribution in [0, 0.1) is 0 Å². The molecule has 0 aliphatic heterocycles. The molecule has 0 saturated carbocycles. The maximum atomic E-state index is 12.4. The van der Waals surface area contributed by atoms with Crippen LogP contribution in [-0.4, -0.2) is 26.8 Å². The Morgan fingerprint density at radius 3 is 2.61 bits per heavy atom. The number of amides is 1. The zero-order chi connectivity index (χ0) is 19.9. The molecule has 28 heavy (non-hydrogen) atoms. The second kappa shape index (κ2) is 9.55. The third-order valence-corrected chi connectivity index (χ3v) is 5.66. The zero-order valence-electron chi connectivity index (χ0n) is 16.5. The maximum absolute atomic E-state index is 12.4. The van der Waals surface area contributed by atoms with Gasteiger partial charge in [-0.25, -0.2) is 4.98 Å². The largest absolute Gasteiger partial charge is 0.325 e. The first-order valence-electron chi connectivity index (χ1n) is 9.64. The highest BCUT2D eigenvalue weighted by Gasteiger charge is 2.13. The number of anilines is 1. The number of aromatic amines is 1. The number of H-pyrrole nitrogens is 1. The summed E-state index contributed by atoms with van der Waals surface area (Å²) in [6, 6.07) is 16.2. The summed E-state index contributed by atoms with van der Waals surface area (Å²) in [5, 5.41) is 10.8. The fourth-order valence-corrected chi connectivity index (χ4v) is 3.51. The number of nitrogens with one attached hydrogen (secondary N) is 2. The van der Waals surface area contributed by atoms with E-state index in [1.165, 1.54) is 22.9 Å². The maximum Gasteiger partial charge on any atom is 0.234 e. The van der Waals surface area contributed by atoms with Crippen LogP contribution < -0.4 is 5.32 Å². The highest BCUT2D eigenvalue weighted by molar-refractivity contribution is 7.99. The number of hydrogen-bond acceptors (Lipinski definition) is 4. The monoisotopic (exact) mass is 394 g/mol. The van der Waals surface area contributed by atoms with Gasteiger partial charge in [-0.15, -0.1) is 5.10 Å². The standard InChI is InChI=1S/C22H26N4OS/c1-4-15(3)18-8-6-7-9-19(18)23-20(27)14-28-22-24-21(25-26-22)17-12-10-16(5-2)11-13-17/h6-13,15H,4-5,14H2,1-3H3,(H,23,27)(H,24,25,26)/t15-/m1/s1. The van der Waals surface area contributed by atoms with Gasteiger partial charge in [0.2, 0.25) is 11.1 Å². The minimum atomic E-state index is -0.0561. The van der Waals surface area contributed by atoms with Gasteiger partial charge >= 0.3 is 0 Å². The number of hydrogen-bond donors (Lipinski definition) is 2. The predicted molar refractivity (Wildman–Crippen MR) is 116 cm³/mol. The lowest BCUT2D eigenvalue weighted by molar-refractivity contribution is -0.113. The molecule has 2 aromatic carbocycles. The number of nitrogens with zero attached hydrogens (tertiary/aromatic N) is 2. The van der Waals surface area contributed by atoms with Crippen LogP contribution in [0.3, 0.4) is 0 Å². The van der Waals surface area contributed by atoms with E-state index in [2.05, 4.69) is 59.5 Å². The number of benzene rings is 2. The fourth-order valence-electron chi connectivity index (χ4n) is 2.92. The first-order chi connectivity index (χ1) is 13.6. The van der Waals surface area contributed by atoms with Crippen LogP contribution in [0.2, 0.25) is 0 Å². The lowest BCUT2D eigenvalue weighted by Gasteiger charge is -2.15. The summed E-state index contributed by atoms with van der Waals surface area (Å²) in [6.45, 7) is 6.45. The normalized spacial score (nSPS) is 12.0. The molecule has 1 heterocycles. The summed E-state index contributed by atoms with van der Waals surface area (Å²) in [4.78, 5) is 16.9. The van der Waals surface area contributed by atoms with E-state index < -0.39 is 0 Å². The van der Waals surface area contributed by atoms with Crippen LogP contribution in [0.4, 0.5) is 5.69 Å². The molecule has 5 nitrogen and oxygen atoms in total. The fraction of sp³-hybridized carbons (Fsp3) is 0.318.